The van der Waals surface area contributed by atoms with Crippen molar-refractivity contribution in [2.45, 2.75) is 0 Å². The van der Waals surface area contributed by atoms with E-state index in [4.69, 9.17) is 11.1 Å². The minimum absolute atomic E-state index is 0.0349. The van der Waals surface area contributed by atoms with E-state index in [1.54, 1.807) is 17.2 Å². The van der Waals surface area contributed by atoms with Crippen molar-refractivity contribution in [1.82, 2.24) is 14.6 Å². The van der Waals surface area contributed by atoms with Crippen LogP contribution in [-0.4, -0.2) is 39.8 Å². The van der Waals surface area contributed by atoms with Gasteiger partial charge in [-0.05, 0) is 24.3 Å². The summed E-state index contributed by atoms with van der Waals surface area (Å²) in [6, 6.07) is 8.45. The first-order chi connectivity index (χ1) is 11.1. The third-order valence-corrected chi connectivity index (χ3v) is 3.41. The van der Waals surface area contributed by atoms with E-state index in [2.05, 4.69) is 10.1 Å². The highest BCUT2D eigenvalue weighted by Crippen LogP contribution is 2.10. The summed E-state index contributed by atoms with van der Waals surface area (Å²) in [4.78, 5) is 18.1. The van der Waals surface area contributed by atoms with Gasteiger partial charge in [-0.25, -0.2) is 4.68 Å². The van der Waals surface area contributed by atoms with Gasteiger partial charge in [0.25, 0.3) is 5.91 Å². The Morgan fingerprint density at radius 2 is 2.09 bits per heavy atom. The number of amides is 1. The topological polar surface area (TPSA) is 100 Å². The number of aromatic nitrogens is 2. The molecule has 0 saturated carbocycles. The predicted octanol–water partition coefficient (Wildman–Crippen LogP) is 0.839. The van der Waals surface area contributed by atoms with E-state index in [0.29, 0.717) is 24.3 Å². The lowest BCUT2D eigenvalue weighted by Gasteiger charge is -2.16. The molecule has 7 heteroatoms. The number of anilines is 1. The second-order valence-corrected chi connectivity index (χ2v) is 5.05. The molecule has 1 aliphatic heterocycles. The molecule has 0 unspecified atom stereocenters. The maximum absolute atomic E-state index is 12.3. The highest BCUT2D eigenvalue weighted by Gasteiger charge is 2.17. The molecule has 3 heterocycles. The highest BCUT2D eigenvalue weighted by atomic mass is 16.2. The summed E-state index contributed by atoms with van der Waals surface area (Å²) >= 11 is 0. The fourth-order valence-electron chi connectivity index (χ4n) is 2.26. The van der Waals surface area contributed by atoms with Gasteiger partial charge in [-0.1, -0.05) is 18.2 Å². The van der Waals surface area contributed by atoms with E-state index in [1.807, 2.05) is 24.3 Å². The lowest BCUT2D eigenvalue weighted by Crippen LogP contribution is -2.30. The van der Waals surface area contributed by atoms with Gasteiger partial charge in [0.2, 0.25) is 0 Å². The zero-order valence-electron chi connectivity index (χ0n) is 12.4. The summed E-state index contributed by atoms with van der Waals surface area (Å²) < 4.78 is 1.26. The second kappa shape index (κ2) is 6.27. The Balaban J connectivity index is 1.87. The Labute approximate surface area is 132 Å². The molecule has 0 atom stereocenters. The number of nitrogens with two attached hydrogens (primary N) is 1. The Morgan fingerprint density at radius 1 is 1.30 bits per heavy atom. The Morgan fingerprint density at radius 3 is 2.74 bits per heavy atom. The van der Waals surface area contributed by atoms with Crippen molar-refractivity contribution in [3.05, 3.63) is 65.4 Å². The van der Waals surface area contributed by atoms with E-state index >= 15 is 0 Å². The third-order valence-electron chi connectivity index (χ3n) is 3.41. The average Bonchev–Trinajstić information content (AvgIpc) is 3.08. The van der Waals surface area contributed by atoms with Gasteiger partial charge < -0.3 is 10.6 Å². The lowest BCUT2D eigenvalue weighted by atomic mass is 10.2. The van der Waals surface area contributed by atoms with Crippen LogP contribution in [0, 0.1) is 5.41 Å². The molecule has 0 aromatic carbocycles. The quantitative estimate of drug-likeness (QED) is 0.649. The number of hydrogen-bond acceptors (Lipinski definition) is 5. The van der Waals surface area contributed by atoms with Crippen LogP contribution in [0.25, 0.3) is 0 Å². The van der Waals surface area contributed by atoms with Crippen LogP contribution in [0.2, 0.25) is 0 Å². The van der Waals surface area contributed by atoms with Gasteiger partial charge in [-0.2, -0.15) is 5.10 Å². The first kappa shape index (κ1) is 14.7. The first-order valence-electron chi connectivity index (χ1n) is 7.12. The highest BCUT2D eigenvalue weighted by molar-refractivity contribution is 5.95. The van der Waals surface area contributed by atoms with E-state index in [1.165, 1.54) is 23.0 Å². The zero-order chi connectivity index (χ0) is 16.2. The van der Waals surface area contributed by atoms with Crippen molar-refractivity contribution >= 4 is 17.9 Å². The minimum atomic E-state index is -0.143. The summed E-state index contributed by atoms with van der Waals surface area (Å²) in [7, 11) is 0. The molecule has 7 nitrogen and oxygen atoms in total. The normalized spacial score (nSPS) is 13.8. The van der Waals surface area contributed by atoms with Crippen molar-refractivity contribution < 1.29 is 4.79 Å². The molecule has 116 valence electrons. The lowest BCUT2D eigenvalue weighted by molar-refractivity contribution is 0.0799. The number of carbonyl (C=O) groups excluding carboxylic acids is 1. The molecule has 23 heavy (non-hydrogen) atoms. The summed E-state index contributed by atoms with van der Waals surface area (Å²) in [6.07, 6.45) is 7.04. The van der Waals surface area contributed by atoms with Crippen LogP contribution in [0.1, 0.15) is 16.1 Å². The van der Waals surface area contributed by atoms with Crippen LogP contribution in [0.4, 0.5) is 5.82 Å². The maximum atomic E-state index is 12.3. The van der Waals surface area contributed by atoms with E-state index in [9.17, 15) is 4.79 Å². The summed E-state index contributed by atoms with van der Waals surface area (Å²) in [5.74, 6) is 0.0799. The number of pyridine rings is 2. The van der Waals surface area contributed by atoms with E-state index in [-0.39, 0.29) is 17.2 Å². The molecule has 0 fully saturated rings. The fraction of sp³-hybridized carbons (Fsp3) is 0.125. The summed E-state index contributed by atoms with van der Waals surface area (Å²) in [5, 5.41) is 12.2. The minimum Gasteiger partial charge on any atom is -0.384 e. The van der Waals surface area contributed by atoms with Crippen LogP contribution < -0.4 is 11.2 Å². The molecule has 0 radical (unpaired) electrons. The van der Waals surface area contributed by atoms with Crippen LogP contribution in [0.15, 0.2) is 53.8 Å². The largest absolute Gasteiger partial charge is 0.384 e. The summed E-state index contributed by atoms with van der Waals surface area (Å²) in [6.45, 7) is 1.16. The molecule has 2 aromatic heterocycles. The van der Waals surface area contributed by atoms with Crippen LogP contribution >= 0.6 is 0 Å². The standard InChI is InChI=1S/C16H16N6O/c17-14-9-12(16(23)21-7-3-4-8-21)10-15(18)22(14)20-11-13-5-1-2-6-19-13/h1-6,9-11,17H,7-8,18H2/b17-14?,20-11+. The second-order valence-electron chi connectivity index (χ2n) is 5.05. The number of nitrogen functional groups attached to an aromatic ring is 1. The average molecular weight is 308 g/mol. The smallest absolute Gasteiger partial charge is 0.254 e. The molecule has 3 rings (SSSR count). The van der Waals surface area contributed by atoms with Gasteiger partial charge in [0.05, 0.1) is 11.9 Å². The fourth-order valence-corrected chi connectivity index (χ4v) is 2.26. The molecule has 0 spiro atoms. The molecule has 1 aliphatic rings. The summed E-state index contributed by atoms with van der Waals surface area (Å²) in [5.41, 5.74) is 7.02. The third kappa shape index (κ3) is 3.18. The van der Waals surface area contributed by atoms with E-state index < -0.39 is 0 Å². The number of nitrogens with zero attached hydrogens (tertiary/aromatic N) is 4. The van der Waals surface area contributed by atoms with Gasteiger partial charge in [0, 0.05) is 24.8 Å². The van der Waals surface area contributed by atoms with Crippen LogP contribution in [0.3, 0.4) is 0 Å². The van der Waals surface area contributed by atoms with Crippen molar-refractivity contribution in [2.24, 2.45) is 5.10 Å². The first-order valence-corrected chi connectivity index (χ1v) is 7.12. The molecule has 0 aliphatic carbocycles. The molecular formula is C16H16N6O. The van der Waals surface area contributed by atoms with Crippen LogP contribution in [-0.2, 0) is 0 Å². The Bertz CT molecular complexity index is 829. The maximum Gasteiger partial charge on any atom is 0.254 e. The predicted molar refractivity (Wildman–Crippen MR) is 87.0 cm³/mol. The van der Waals surface area contributed by atoms with E-state index in [0.717, 1.165) is 0 Å². The molecule has 0 saturated heterocycles. The van der Waals surface area contributed by atoms with Gasteiger partial charge in [0.1, 0.15) is 11.3 Å². The van der Waals surface area contributed by atoms with Gasteiger partial charge in [0.15, 0.2) is 0 Å². The van der Waals surface area contributed by atoms with Crippen molar-refractivity contribution in [3.63, 3.8) is 0 Å². The number of rotatable bonds is 3. The molecule has 3 N–H and O–H groups in total. The van der Waals surface area contributed by atoms with Crippen molar-refractivity contribution in [2.75, 3.05) is 18.8 Å². The van der Waals surface area contributed by atoms with Crippen LogP contribution in [0.5, 0.6) is 0 Å². The molecule has 1 amide bonds. The number of hydrogen-bond donors (Lipinski definition) is 2. The van der Waals surface area contributed by atoms with Crippen molar-refractivity contribution in [3.8, 4) is 0 Å². The SMILES string of the molecule is N=c1cc(C(=O)N2CC=CC2)cc(N)n1/N=C/c1ccccn1. The Kier molecular flexibility index (Phi) is 4.01. The van der Waals surface area contributed by atoms with Gasteiger partial charge >= 0.3 is 0 Å². The van der Waals surface area contributed by atoms with Gasteiger partial charge in [-0.3, -0.25) is 15.2 Å². The molecule has 0 bridgehead atoms. The zero-order valence-corrected chi connectivity index (χ0v) is 12.4. The number of carbonyl (C=O) groups is 1. The number of nitrogens with one attached hydrogen (secondary N) is 1. The Hall–Kier alpha value is -3.22. The molecule has 2 aromatic rings. The monoisotopic (exact) mass is 308 g/mol. The van der Waals surface area contributed by atoms with Crippen molar-refractivity contribution in [1.29, 1.82) is 5.41 Å². The molecular weight excluding hydrogens is 292 g/mol. The van der Waals surface area contributed by atoms with Gasteiger partial charge in [-0.15, -0.1) is 0 Å².